The minimum atomic E-state index is -1.02. The average Bonchev–Trinajstić information content (AvgIpc) is 2.63. The minimum Gasteiger partial charge on any atom is -0.478 e. The molecule has 0 saturated carbocycles. The van der Waals surface area contributed by atoms with E-state index in [1.54, 1.807) is 36.4 Å². The van der Waals surface area contributed by atoms with Crippen LogP contribution < -0.4 is 0 Å². The van der Waals surface area contributed by atoms with Crippen LogP contribution in [0.25, 0.3) is 10.8 Å². The number of rotatable bonds is 3. The van der Waals surface area contributed by atoms with E-state index in [2.05, 4.69) is 0 Å². The molecular formula is C20H13NO4. The van der Waals surface area contributed by atoms with Crippen LogP contribution in [0.1, 0.15) is 36.6 Å². The average molecular weight is 331 g/mol. The van der Waals surface area contributed by atoms with Gasteiger partial charge >= 0.3 is 5.97 Å². The first-order chi connectivity index (χ1) is 12.1. The Morgan fingerprint density at radius 2 is 1.40 bits per heavy atom. The lowest BCUT2D eigenvalue weighted by Gasteiger charge is -2.27. The van der Waals surface area contributed by atoms with Crippen LogP contribution in [-0.2, 0) is 6.54 Å². The molecule has 0 unspecified atom stereocenters. The molecule has 3 aromatic rings. The number of nitrogens with zero attached hydrogens (tertiary/aromatic N) is 1. The van der Waals surface area contributed by atoms with E-state index >= 15 is 0 Å². The summed E-state index contributed by atoms with van der Waals surface area (Å²) in [4.78, 5) is 37.7. The fourth-order valence-electron chi connectivity index (χ4n) is 3.16. The van der Waals surface area contributed by atoms with Crippen molar-refractivity contribution >= 4 is 28.6 Å². The van der Waals surface area contributed by atoms with E-state index in [0.717, 1.165) is 5.39 Å². The monoisotopic (exact) mass is 331 g/mol. The topological polar surface area (TPSA) is 74.7 Å². The second kappa shape index (κ2) is 5.56. The molecule has 1 N–H and O–H groups in total. The summed E-state index contributed by atoms with van der Waals surface area (Å²) < 4.78 is 0. The van der Waals surface area contributed by atoms with Crippen LogP contribution >= 0.6 is 0 Å². The molecule has 25 heavy (non-hydrogen) atoms. The molecule has 0 saturated heterocycles. The van der Waals surface area contributed by atoms with Crippen molar-refractivity contribution in [1.82, 2.24) is 4.90 Å². The lowest BCUT2D eigenvalue weighted by molar-refractivity contribution is 0.0596. The Hall–Kier alpha value is -3.47. The van der Waals surface area contributed by atoms with Crippen molar-refractivity contribution in [3.8, 4) is 0 Å². The van der Waals surface area contributed by atoms with Gasteiger partial charge in [0.15, 0.2) is 0 Å². The number of aromatic carboxylic acids is 1. The van der Waals surface area contributed by atoms with E-state index in [0.29, 0.717) is 22.1 Å². The molecule has 1 aliphatic rings. The summed E-state index contributed by atoms with van der Waals surface area (Å²) in [5, 5.41) is 10.5. The maximum Gasteiger partial charge on any atom is 0.335 e. The Kier molecular flexibility index (Phi) is 3.35. The van der Waals surface area contributed by atoms with Crippen LogP contribution in [0.4, 0.5) is 0 Å². The third-order valence-electron chi connectivity index (χ3n) is 4.40. The third-order valence-corrected chi connectivity index (χ3v) is 4.40. The van der Waals surface area contributed by atoms with Gasteiger partial charge in [-0.05, 0) is 35.2 Å². The van der Waals surface area contributed by atoms with Gasteiger partial charge in [-0.25, -0.2) is 4.79 Å². The standard InChI is InChI=1S/C20H13NO4/c22-18-15-5-1-3-13-4-2-6-16(17(13)15)19(23)21(18)11-12-7-9-14(10-8-12)20(24)25/h1-10H,11H2,(H,24,25). The normalized spacial score (nSPS) is 13.4. The summed E-state index contributed by atoms with van der Waals surface area (Å²) in [6, 6.07) is 17.0. The number of carbonyl (C=O) groups is 3. The summed E-state index contributed by atoms with van der Waals surface area (Å²) in [7, 11) is 0. The molecule has 0 aromatic heterocycles. The largest absolute Gasteiger partial charge is 0.478 e. The Balaban J connectivity index is 1.74. The molecule has 5 nitrogen and oxygen atoms in total. The number of imide groups is 1. The predicted molar refractivity (Wildman–Crippen MR) is 91.6 cm³/mol. The molecule has 1 aliphatic heterocycles. The molecule has 0 spiro atoms. The first-order valence-corrected chi connectivity index (χ1v) is 7.76. The Labute approximate surface area is 143 Å². The van der Waals surface area contributed by atoms with Gasteiger partial charge < -0.3 is 5.11 Å². The van der Waals surface area contributed by atoms with Gasteiger partial charge in [0.2, 0.25) is 0 Å². The zero-order valence-corrected chi connectivity index (χ0v) is 13.1. The summed E-state index contributed by atoms with van der Waals surface area (Å²) in [5.41, 5.74) is 1.87. The van der Waals surface area contributed by atoms with Gasteiger partial charge in [-0.1, -0.05) is 36.4 Å². The number of carboxylic acids is 1. The van der Waals surface area contributed by atoms with Gasteiger partial charge in [-0.3, -0.25) is 14.5 Å². The highest BCUT2D eigenvalue weighted by Crippen LogP contribution is 2.30. The second-order valence-corrected chi connectivity index (χ2v) is 5.91. The van der Waals surface area contributed by atoms with Crippen molar-refractivity contribution in [2.45, 2.75) is 6.54 Å². The molecule has 5 heteroatoms. The number of benzene rings is 3. The smallest absolute Gasteiger partial charge is 0.335 e. The van der Waals surface area contributed by atoms with E-state index in [4.69, 9.17) is 5.11 Å². The quantitative estimate of drug-likeness (QED) is 0.747. The highest BCUT2D eigenvalue weighted by Gasteiger charge is 2.32. The zero-order valence-electron chi connectivity index (χ0n) is 13.1. The summed E-state index contributed by atoms with van der Waals surface area (Å²) >= 11 is 0. The third kappa shape index (κ3) is 2.37. The number of hydrogen-bond acceptors (Lipinski definition) is 3. The van der Waals surface area contributed by atoms with E-state index in [1.165, 1.54) is 17.0 Å². The van der Waals surface area contributed by atoms with Crippen molar-refractivity contribution in [2.24, 2.45) is 0 Å². The molecular weight excluding hydrogens is 318 g/mol. The van der Waals surface area contributed by atoms with Gasteiger partial charge in [-0.2, -0.15) is 0 Å². The van der Waals surface area contributed by atoms with Gasteiger partial charge in [0, 0.05) is 16.5 Å². The van der Waals surface area contributed by atoms with Crippen LogP contribution in [0.2, 0.25) is 0 Å². The number of hydrogen-bond donors (Lipinski definition) is 1. The van der Waals surface area contributed by atoms with E-state index in [1.807, 2.05) is 12.1 Å². The van der Waals surface area contributed by atoms with Crippen molar-refractivity contribution < 1.29 is 19.5 Å². The molecule has 3 aromatic carbocycles. The van der Waals surface area contributed by atoms with Crippen molar-refractivity contribution in [3.05, 3.63) is 82.9 Å². The van der Waals surface area contributed by atoms with E-state index < -0.39 is 5.97 Å². The SMILES string of the molecule is O=C(O)c1ccc(CN2C(=O)c3cccc4cccc(c34)C2=O)cc1. The van der Waals surface area contributed by atoms with Gasteiger partial charge in [0.05, 0.1) is 12.1 Å². The van der Waals surface area contributed by atoms with Crippen LogP contribution in [0.15, 0.2) is 60.7 Å². The predicted octanol–water partition coefficient (Wildman–Crippen LogP) is 3.33. The minimum absolute atomic E-state index is 0.0995. The lowest BCUT2D eigenvalue weighted by Crippen LogP contribution is -2.39. The first-order valence-electron chi connectivity index (χ1n) is 7.76. The van der Waals surface area contributed by atoms with E-state index in [-0.39, 0.29) is 23.9 Å². The highest BCUT2D eigenvalue weighted by atomic mass is 16.4. The van der Waals surface area contributed by atoms with Crippen molar-refractivity contribution in [3.63, 3.8) is 0 Å². The summed E-state index contributed by atoms with van der Waals surface area (Å²) in [6.07, 6.45) is 0. The second-order valence-electron chi connectivity index (χ2n) is 5.91. The summed E-state index contributed by atoms with van der Waals surface area (Å²) in [5.74, 6) is -1.69. The lowest BCUT2D eigenvalue weighted by atomic mass is 9.94. The fourth-order valence-corrected chi connectivity index (χ4v) is 3.16. The zero-order chi connectivity index (χ0) is 17.6. The molecule has 2 amide bonds. The van der Waals surface area contributed by atoms with Gasteiger partial charge in [0.1, 0.15) is 0 Å². The Morgan fingerprint density at radius 1 is 0.840 bits per heavy atom. The van der Waals surface area contributed by atoms with Crippen molar-refractivity contribution in [1.29, 1.82) is 0 Å². The van der Waals surface area contributed by atoms with Crippen molar-refractivity contribution in [2.75, 3.05) is 0 Å². The maximum atomic E-state index is 12.8. The van der Waals surface area contributed by atoms with Gasteiger partial charge in [0.25, 0.3) is 11.8 Å². The molecule has 0 aliphatic carbocycles. The first kappa shape index (κ1) is 15.1. The number of carboxylic acid groups (broad SMARTS) is 1. The molecule has 0 bridgehead atoms. The number of amides is 2. The van der Waals surface area contributed by atoms with E-state index in [9.17, 15) is 14.4 Å². The molecule has 0 atom stereocenters. The molecule has 122 valence electrons. The molecule has 0 radical (unpaired) electrons. The summed E-state index contributed by atoms with van der Waals surface area (Å²) in [6.45, 7) is 0.0995. The van der Waals surface area contributed by atoms with Crippen LogP contribution in [0, 0.1) is 0 Å². The molecule has 1 heterocycles. The highest BCUT2D eigenvalue weighted by molar-refractivity contribution is 6.25. The van der Waals surface area contributed by atoms with Crippen LogP contribution in [-0.4, -0.2) is 27.8 Å². The Morgan fingerprint density at radius 3 is 1.92 bits per heavy atom. The molecule has 4 rings (SSSR count). The van der Waals surface area contributed by atoms with Crippen LogP contribution in [0.3, 0.4) is 0 Å². The molecule has 0 fully saturated rings. The Bertz CT molecular complexity index is 987. The number of carbonyl (C=O) groups excluding carboxylic acids is 2. The fraction of sp³-hybridized carbons (Fsp3) is 0.0500. The van der Waals surface area contributed by atoms with Crippen LogP contribution in [0.5, 0.6) is 0 Å². The maximum absolute atomic E-state index is 12.8. The van der Waals surface area contributed by atoms with Gasteiger partial charge in [-0.15, -0.1) is 0 Å².